The molecular formula is C8H11NO4. The number of phenols is 3. The van der Waals surface area contributed by atoms with Gasteiger partial charge in [0.05, 0.1) is 6.10 Å². The molecule has 0 bridgehead atoms. The van der Waals surface area contributed by atoms with E-state index in [1.165, 1.54) is 0 Å². The second kappa shape index (κ2) is 3.51. The van der Waals surface area contributed by atoms with Crippen molar-refractivity contribution in [2.24, 2.45) is 5.73 Å². The van der Waals surface area contributed by atoms with E-state index >= 15 is 0 Å². The van der Waals surface area contributed by atoms with E-state index in [0.29, 0.717) is 0 Å². The highest BCUT2D eigenvalue weighted by Crippen LogP contribution is 2.36. The quantitative estimate of drug-likeness (QED) is 0.410. The lowest BCUT2D eigenvalue weighted by molar-refractivity contribution is 0.185. The smallest absolute Gasteiger partial charge is 0.200 e. The van der Waals surface area contributed by atoms with Gasteiger partial charge in [-0.3, -0.25) is 0 Å². The first-order valence-electron chi connectivity index (χ1n) is 3.69. The molecule has 72 valence electrons. The molecule has 0 aliphatic rings. The van der Waals surface area contributed by atoms with Crippen LogP contribution in [0, 0.1) is 0 Å². The highest BCUT2D eigenvalue weighted by atomic mass is 16.3. The average molecular weight is 185 g/mol. The zero-order valence-electron chi connectivity index (χ0n) is 6.81. The van der Waals surface area contributed by atoms with Crippen LogP contribution in [0.5, 0.6) is 17.2 Å². The van der Waals surface area contributed by atoms with Gasteiger partial charge in [-0.1, -0.05) is 0 Å². The van der Waals surface area contributed by atoms with Crippen molar-refractivity contribution in [2.45, 2.75) is 6.10 Å². The van der Waals surface area contributed by atoms with Gasteiger partial charge < -0.3 is 26.2 Å². The first-order chi connectivity index (χ1) is 6.06. The van der Waals surface area contributed by atoms with Crippen molar-refractivity contribution in [3.05, 3.63) is 17.7 Å². The van der Waals surface area contributed by atoms with Crippen molar-refractivity contribution in [1.82, 2.24) is 0 Å². The summed E-state index contributed by atoms with van der Waals surface area (Å²) in [7, 11) is 0. The van der Waals surface area contributed by atoms with Gasteiger partial charge in [0.15, 0.2) is 17.2 Å². The fourth-order valence-electron chi connectivity index (χ4n) is 0.954. The summed E-state index contributed by atoms with van der Waals surface area (Å²) in [6, 6.07) is 2.29. The maximum absolute atomic E-state index is 9.24. The van der Waals surface area contributed by atoms with Crippen molar-refractivity contribution >= 4 is 0 Å². The molecule has 1 atom stereocenters. The Bertz CT molecular complexity index is 290. The van der Waals surface area contributed by atoms with Crippen LogP contribution in [0.25, 0.3) is 0 Å². The Labute approximate surface area is 74.7 Å². The molecule has 6 N–H and O–H groups in total. The number of rotatable bonds is 2. The van der Waals surface area contributed by atoms with E-state index in [4.69, 9.17) is 21.1 Å². The molecule has 5 heteroatoms. The third kappa shape index (κ3) is 1.82. The van der Waals surface area contributed by atoms with Crippen molar-refractivity contribution in [2.75, 3.05) is 6.54 Å². The normalized spacial score (nSPS) is 12.8. The molecule has 13 heavy (non-hydrogen) atoms. The first-order valence-corrected chi connectivity index (χ1v) is 3.69. The Balaban J connectivity index is 3.13. The highest BCUT2D eigenvalue weighted by Gasteiger charge is 2.12. The van der Waals surface area contributed by atoms with Crippen LogP contribution in [0.15, 0.2) is 12.1 Å². The van der Waals surface area contributed by atoms with Crippen LogP contribution in [0.4, 0.5) is 0 Å². The molecule has 0 fully saturated rings. The van der Waals surface area contributed by atoms with E-state index in [0.717, 1.165) is 12.1 Å². The zero-order chi connectivity index (χ0) is 10.0. The van der Waals surface area contributed by atoms with E-state index in [1.807, 2.05) is 0 Å². The molecule has 1 rings (SSSR count). The molecule has 0 unspecified atom stereocenters. The van der Waals surface area contributed by atoms with Crippen molar-refractivity contribution in [3.8, 4) is 17.2 Å². The van der Waals surface area contributed by atoms with E-state index in [9.17, 15) is 5.11 Å². The molecule has 0 saturated heterocycles. The summed E-state index contributed by atoms with van der Waals surface area (Å²) >= 11 is 0. The van der Waals surface area contributed by atoms with Gasteiger partial charge in [-0.15, -0.1) is 0 Å². The number of phenolic OH excluding ortho intramolecular Hbond substituents is 3. The van der Waals surface area contributed by atoms with Gasteiger partial charge in [-0.25, -0.2) is 0 Å². The van der Waals surface area contributed by atoms with Crippen LogP contribution in [-0.4, -0.2) is 27.0 Å². The minimum absolute atomic E-state index is 0.0242. The molecule has 0 spiro atoms. The molecule has 0 aromatic heterocycles. The molecule has 0 amide bonds. The molecule has 0 aliphatic carbocycles. The average Bonchev–Trinajstić information content (AvgIpc) is 2.12. The predicted octanol–water partition coefficient (Wildman–Crippen LogP) is -0.205. The maximum atomic E-state index is 9.24. The van der Waals surface area contributed by atoms with Gasteiger partial charge in [-0.2, -0.15) is 0 Å². The Morgan fingerprint density at radius 1 is 1.15 bits per heavy atom. The van der Waals surface area contributed by atoms with Crippen LogP contribution >= 0.6 is 0 Å². The van der Waals surface area contributed by atoms with Crippen LogP contribution in [0.1, 0.15) is 11.7 Å². The number of aliphatic hydroxyl groups is 1. The summed E-state index contributed by atoms with van der Waals surface area (Å²) < 4.78 is 0. The fraction of sp³-hybridized carbons (Fsp3) is 0.250. The van der Waals surface area contributed by atoms with Gasteiger partial charge >= 0.3 is 0 Å². The summed E-state index contributed by atoms with van der Waals surface area (Å²) in [4.78, 5) is 0. The number of hydrogen-bond acceptors (Lipinski definition) is 5. The molecule has 1 aromatic rings. The second-order valence-electron chi connectivity index (χ2n) is 2.66. The maximum Gasteiger partial charge on any atom is 0.200 e. The second-order valence-corrected chi connectivity index (χ2v) is 2.66. The van der Waals surface area contributed by atoms with Gasteiger partial charge in [0.1, 0.15) is 0 Å². The largest absolute Gasteiger partial charge is 0.504 e. The number of benzene rings is 1. The van der Waals surface area contributed by atoms with E-state index in [1.54, 1.807) is 0 Å². The summed E-state index contributed by atoms with van der Waals surface area (Å²) in [5, 5.41) is 36.3. The number of nitrogens with two attached hydrogens (primary N) is 1. The molecule has 0 radical (unpaired) electrons. The van der Waals surface area contributed by atoms with Gasteiger partial charge in [-0.05, 0) is 17.7 Å². The molecular weight excluding hydrogens is 174 g/mol. The van der Waals surface area contributed by atoms with E-state index in [2.05, 4.69) is 0 Å². The zero-order valence-corrected chi connectivity index (χ0v) is 6.81. The number of aromatic hydroxyl groups is 3. The lowest BCUT2D eigenvalue weighted by Gasteiger charge is -2.09. The molecule has 0 heterocycles. The number of hydrogen-bond donors (Lipinski definition) is 5. The Morgan fingerprint density at radius 2 is 1.62 bits per heavy atom. The molecule has 1 aromatic carbocycles. The summed E-state index contributed by atoms with van der Waals surface area (Å²) in [5.41, 5.74) is 5.43. The van der Waals surface area contributed by atoms with Crippen LogP contribution in [-0.2, 0) is 0 Å². The SMILES string of the molecule is NC[C@@H](O)c1cc(O)c(O)c(O)c1. The highest BCUT2D eigenvalue weighted by molar-refractivity contribution is 5.51. The summed E-state index contributed by atoms with van der Waals surface area (Å²) in [6.07, 6.45) is -0.961. The topological polar surface area (TPSA) is 107 Å². The summed E-state index contributed by atoms with van der Waals surface area (Å²) in [5.74, 6) is -1.57. The van der Waals surface area contributed by atoms with Crippen molar-refractivity contribution in [3.63, 3.8) is 0 Å². The minimum Gasteiger partial charge on any atom is -0.504 e. The first kappa shape index (κ1) is 9.63. The monoisotopic (exact) mass is 185 g/mol. The third-order valence-corrected chi connectivity index (χ3v) is 1.70. The van der Waals surface area contributed by atoms with Crippen LogP contribution < -0.4 is 5.73 Å². The van der Waals surface area contributed by atoms with E-state index < -0.39 is 23.4 Å². The third-order valence-electron chi connectivity index (χ3n) is 1.70. The lowest BCUT2D eigenvalue weighted by atomic mass is 10.1. The van der Waals surface area contributed by atoms with Gasteiger partial charge in [0.2, 0.25) is 0 Å². The van der Waals surface area contributed by atoms with Crippen LogP contribution in [0.2, 0.25) is 0 Å². The van der Waals surface area contributed by atoms with E-state index in [-0.39, 0.29) is 12.1 Å². The molecule has 0 saturated carbocycles. The minimum atomic E-state index is -0.961. The number of aliphatic hydroxyl groups excluding tert-OH is 1. The lowest BCUT2D eigenvalue weighted by Crippen LogP contribution is -2.11. The Morgan fingerprint density at radius 3 is 2.00 bits per heavy atom. The standard InChI is InChI=1S/C8H11NO4/c9-3-7(12)4-1-5(10)8(13)6(11)2-4/h1-2,7,10-13H,3,9H2/t7-/m1/s1. The summed E-state index contributed by atoms with van der Waals surface area (Å²) in [6.45, 7) is -0.0242. The van der Waals surface area contributed by atoms with Crippen molar-refractivity contribution in [1.29, 1.82) is 0 Å². The van der Waals surface area contributed by atoms with Gasteiger partial charge in [0, 0.05) is 6.54 Å². The predicted molar refractivity (Wildman–Crippen MR) is 45.5 cm³/mol. The fourth-order valence-corrected chi connectivity index (χ4v) is 0.954. The molecule has 0 aliphatic heterocycles. The Hall–Kier alpha value is -1.46. The van der Waals surface area contributed by atoms with Gasteiger partial charge in [0.25, 0.3) is 0 Å². The molecule has 5 nitrogen and oxygen atoms in total. The van der Waals surface area contributed by atoms with Crippen molar-refractivity contribution < 1.29 is 20.4 Å². The Kier molecular flexibility index (Phi) is 2.60. The van der Waals surface area contributed by atoms with Crippen LogP contribution in [0.3, 0.4) is 0 Å².